The van der Waals surface area contributed by atoms with Gasteiger partial charge in [-0.25, -0.2) is 0 Å². The lowest BCUT2D eigenvalue weighted by atomic mass is 10.1. The number of likely N-dealkylation sites (tertiary alicyclic amines) is 1. The van der Waals surface area contributed by atoms with E-state index in [-0.39, 0.29) is 6.10 Å². The number of aliphatic hydroxyl groups is 1. The van der Waals surface area contributed by atoms with E-state index in [0.29, 0.717) is 0 Å². The quantitative estimate of drug-likeness (QED) is 0.879. The maximum absolute atomic E-state index is 9.68. The molecule has 2 aromatic carbocycles. The van der Waals surface area contributed by atoms with Crippen LogP contribution >= 0.6 is 0 Å². The summed E-state index contributed by atoms with van der Waals surface area (Å²) in [6, 6.07) is 15.0. The maximum atomic E-state index is 9.68. The van der Waals surface area contributed by atoms with Gasteiger partial charge in [0.05, 0.1) is 12.7 Å². The molecule has 0 unspecified atom stereocenters. The fourth-order valence-corrected chi connectivity index (χ4v) is 3.70. The molecule has 0 amide bonds. The minimum absolute atomic E-state index is 0.117. The van der Waals surface area contributed by atoms with Crippen LogP contribution in [0.15, 0.2) is 42.5 Å². The third-order valence-electron chi connectivity index (χ3n) is 5.21. The Balaban J connectivity index is 1.40. The van der Waals surface area contributed by atoms with Crippen molar-refractivity contribution in [1.82, 2.24) is 4.90 Å². The summed E-state index contributed by atoms with van der Waals surface area (Å²) in [6.45, 7) is 4.51. The Kier molecular flexibility index (Phi) is 4.90. The predicted molar refractivity (Wildman–Crippen MR) is 99.9 cm³/mol. The monoisotopic (exact) mass is 338 g/mol. The van der Waals surface area contributed by atoms with Crippen LogP contribution in [0.5, 0.6) is 5.75 Å². The number of para-hydroxylation sites is 1. The SMILES string of the molecule is OC1CCN(Cc2ccccc2NCc2ccc3c(c2)CCO3)CC1. The summed E-state index contributed by atoms with van der Waals surface area (Å²) < 4.78 is 5.58. The molecule has 0 radical (unpaired) electrons. The van der Waals surface area contributed by atoms with Crippen molar-refractivity contribution in [3.63, 3.8) is 0 Å². The standard InChI is InChI=1S/C21H26N2O2/c24-19-7-10-23(11-8-19)15-18-3-1-2-4-20(18)22-14-16-5-6-21-17(13-16)9-12-25-21/h1-6,13,19,22,24H,7-12,14-15H2. The second-order valence-electron chi connectivity index (χ2n) is 7.06. The average molecular weight is 338 g/mol. The van der Waals surface area contributed by atoms with E-state index in [1.54, 1.807) is 0 Å². The maximum Gasteiger partial charge on any atom is 0.122 e. The summed E-state index contributed by atoms with van der Waals surface area (Å²) in [5, 5.41) is 13.3. The van der Waals surface area contributed by atoms with Crippen molar-refractivity contribution in [2.24, 2.45) is 0 Å². The van der Waals surface area contributed by atoms with Crippen molar-refractivity contribution in [3.05, 3.63) is 59.2 Å². The molecule has 2 aliphatic rings. The van der Waals surface area contributed by atoms with Crippen LogP contribution in [0.2, 0.25) is 0 Å². The van der Waals surface area contributed by atoms with Gasteiger partial charge in [-0.1, -0.05) is 30.3 Å². The number of nitrogens with zero attached hydrogens (tertiary/aromatic N) is 1. The van der Waals surface area contributed by atoms with E-state index in [1.807, 2.05) is 0 Å². The zero-order valence-electron chi connectivity index (χ0n) is 14.6. The molecule has 1 saturated heterocycles. The summed E-state index contributed by atoms with van der Waals surface area (Å²) in [5.41, 5.74) is 5.13. The number of anilines is 1. The highest BCUT2D eigenvalue weighted by Crippen LogP contribution is 2.26. The molecule has 1 fully saturated rings. The van der Waals surface area contributed by atoms with Crippen LogP contribution in [0.4, 0.5) is 5.69 Å². The van der Waals surface area contributed by atoms with E-state index in [2.05, 4.69) is 52.7 Å². The van der Waals surface area contributed by atoms with Crippen molar-refractivity contribution in [3.8, 4) is 5.75 Å². The number of hydrogen-bond acceptors (Lipinski definition) is 4. The lowest BCUT2D eigenvalue weighted by Crippen LogP contribution is -2.35. The van der Waals surface area contributed by atoms with Crippen LogP contribution in [-0.2, 0) is 19.5 Å². The molecule has 4 nitrogen and oxygen atoms in total. The van der Waals surface area contributed by atoms with Crippen molar-refractivity contribution in [1.29, 1.82) is 0 Å². The number of benzene rings is 2. The zero-order valence-corrected chi connectivity index (χ0v) is 14.6. The molecule has 2 N–H and O–H groups in total. The average Bonchev–Trinajstić information content (AvgIpc) is 3.11. The third-order valence-corrected chi connectivity index (χ3v) is 5.21. The Morgan fingerprint density at radius 3 is 2.84 bits per heavy atom. The smallest absolute Gasteiger partial charge is 0.122 e. The number of piperidine rings is 1. The molecule has 0 aromatic heterocycles. The summed E-state index contributed by atoms with van der Waals surface area (Å²) in [4.78, 5) is 2.43. The van der Waals surface area contributed by atoms with Crippen LogP contribution in [0, 0.1) is 0 Å². The van der Waals surface area contributed by atoms with Gasteiger partial charge in [0.25, 0.3) is 0 Å². The number of nitrogens with one attached hydrogen (secondary N) is 1. The van der Waals surface area contributed by atoms with Crippen molar-refractivity contribution >= 4 is 5.69 Å². The van der Waals surface area contributed by atoms with Crippen LogP contribution in [0.1, 0.15) is 29.5 Å². The van der Waals surface area contributed by atoms with E-state index in [9.17, 15) is 5.11 Å². The van der Waals surface area contributed by atoms with Gasteiger partial charge in [-0.15, -0.1) is 0 Å². The van der Waals surface area contributed by atoms with E-state index in [0.717, 1.165) is 57.8 Å². The van der Waals surface area contributed by atoms with Crippen molar-refractivity contribution in [2.75, 3.05) is 25.0 Å². The fraction of sp³-hybridized carbons (Fsp3) is 0.429. The fourth-order valence-electron chi connectivity index (χ4n) is 3.70. The van der Waals surface area contributed by atoms with Gasteiger partial charge in [-0.2, -0.15) is 0 Å². The minimum atomic E-state index is -0.117. The lowest BCUT2D eigenvalue weighted by molar-refractivity contribution is 0.0793. The van der Waals surface area contributed by atoms with E-state index < -0.39 is 0 Å². The Morgan fingerprint density at radius 2 is 1.96 bits per heavy atom. The molecule has 2 aromatic rings. The van der Waals surface area contributed by atoms with Gasteiger partial charge in [-0.05, 0) is 41.7 Å². The van der Waals surface area contributed by atoms with Gasteiger partial charge in [0.1, 0.15) is 5.75 Å². The van der Waals surface area contributed by atoms with E-state index >= 15 is 0 Å². The Labute approximate surface area is 149 Å². The van der Waals surface area contributed by atoms with Gasteiger partial charge >= 0.3 is 0 Å². The molecule has 0 bridgehead atoms. The molecular weight excluding hydrogens is 312 g/mol. The number of ether oxygens (including phenoxy) is 1. The van der Waals surface area contributed by atoms with Crippen molar-refractivity contribution in [2.45, 2.75) is 38.5 Å². The summed E-state index contributed by atoms with van der Waals surface area (Å²) in [7, 11) is 0. The van der Waals surface area contributed by atoms with E-state index in [1.165, 1.54) is 22.4 Å². The molecule has 0 saturated carbocycles. The second kappa shape index (κ2) is 7.46. The first-order valence-electron chi connectivity index (χ1n) is 9.25. The first kappa shape index (κ1) is 16.4. The third kappa shape index (κ3) is 3.97. The Hall–Kier alpha value is -2.04. The highest BCUT2D eigenvalue weighted by molar-refractivity contribution is 5.52. The molecular formula is C21H26N2O2. The predicted octanol–water partition coefficient (Wildman–Crippen LogP) is 3.19. The summed E-state index contributed by atoms with van der Waals surface area (Å²) in [6.07, 6.45) is 2.66. The molecule has 132 valence electrons. The van der Waals surface area contributed by atoms with Gasteiger partial charge in [-0.3, -0.25) is 4.90 Å². The largest absolute Gasteiger partial charge is 0.493 e. The molecule has 0 atom stereocenters. The number of fused-ring (bicyclic) bond motifs is 1. The number of aliphatic hydroxyl groups excluding tert-OH is 1. The van der Waals surface area contributed by atoms with Crippen molar-refractivity contribution < 1.29 is 9.84 Å². The summed E-state index contributed by atoms with van der Waals surface area (Å²) >= 11 is 0. The molecule has 4 rings (SSSR count). The molecule has 2 heterocycles. The lowest BCUT2D eigenvalue weighted by Gasteiger charge is -2.30. The van der Waals surface area contributed by atoms with Crippen LogP contribution in [-0.4, -0.2) is 35.8 Å². The molecule has 2 aliphatic heterocycles. The summed E-state index contributed by atoms with van der Waals surface area (Å²) in [5.74, 6) is 1.04. The normalized spacial score (nSPS) is 18.0. The van der Waals surface area contributed by atoms with Crippen LogP contribution in [0.25, 0.3) is 0 Å². The van der Waals surface area contributed by atoms with Crippen LogP contribution < -0.4 is 10.1 Å². The molecule has 0 spiro atoms. The Morgan fingerprint density at radius 1 is 1.12 bits per heavy atom. The minimum Gasteiger partial charge on any atom is -0.493 e. The highest BCUT2D eigenvalue weighted by atomic mass is 16.5. The van der Waals surface area contributed by atoms with Gasteiger partial charge in [0.2, 0.25) is 0 Å². The molecule has 25 heavy (non-hydrogen) atoms. The number of rotatable bonds is 5. The van der Waals surface area contributed by atoms with Gasteiger partial charge in [0.15, 0.2) is 0 Å². The second-order valence-corrected chi connectivity index (χ2v) is 7.06. The molecule has 0 aliphatic carbocycles. The van der Waals surface area contributed by atoms with Crippen LogP contribution in [0.3, 0.4) is 0 Å². The van der Waals surface area contributed by atoms with Gasteiger partial charge in [0, 0.05) is 38.3 Å². The number of hydrogen-bond donors (Lipinski definition) is 2. The molecule has 4 heteroatoms. The zero-order chi connectivity index (χ0) is 17.1. The Bertz CT molecular complexity index is 724. The highest BCUT2D eigenvalue weighted by Gasteiger charge is 2.18. The topological polar surface area (TPSA) is 44.7 Å². The van der Waals surface area contributed by atoms with Gasteiger partial charge < -0.3 is 15.2 Å². The first-order valence-corrected chi connectivity index (χ1v) is 9.25. The van der Waals surface area contributed by atoms with E-state index in [4.69, 9.17) is 4.74 Å². The first-order chi connectivity index (χ1) is 12.3.